The number of primary amides is 1. The smallest absolute Gasteiger partial charge is 0.248 e. The molecule has 162 valence electrons. The molecule has 31 heavy (non-hydrogen) atoms. The Morgan fingerprint density at radius 1 is 1.16 bits per heavy atom. The Hall–Kier alpha value is -3.53. The van der Waals surface area contributed by atoms with E-state index in [0.29, 0.717) is 45.9 Å². The van der Waals surface area contributed by atoms with E-state index in [9.17, 15) is 4.79 Å². The van der Waals surface area contributed by atoms with Crippen LogP contribution in [0.5, 0.6) is 17.2 Å². The number of nitrogens with one attached hydrogen (secondary N) is 1. The summed E-state index contributed by atoms with van der Waals surface area (Å²) >= 11 is 1.55. The number of anilines is 1. The first kappa shape index (κ1) is 20.7. The molecule has 0 saturated heterocycles. The maximum Gasteiger partial charge on any atom is 0.248 e. The molecule has 2 aromatic heterocycles. The van der Waals surface area contributed by atoms with Crippen LogP contribution >= 0.6 is 11.3 Å². The Labute approximate surface area is 183 Å². The second-order valence-corrected chi connectivity index (χ2v) is 7.96. The zero-order chi connectivity index (χ0) is 22.3. The van der Waals surface area contributed by atoms with Crippen LogP contribution in [0.3, 0.4) is 0 Å². The number of thiophene rings is 1. The van der Waals surface area contributed by atoms with Crippen molar-refractivity contribution in [1.82, 2.24) is 14.8 Å². The molecule has 0 aliphatic carbocycles. The number of aryl methyl sites for hydroxylation is 1. The summed E-state index contributed by atoms with van der Waals surface area (Å²) in [4.78, 5) is 18.0. The van der Waals surface area contributed by atoms with E-state index in [1.54, 1.807) is 49.5 Å². The van der Waals surface area contributed by atoms with Gasteiger partial charge in [-0.3, -0.25) is 4.79 Å². The Morgan fingerprint density at radius 2 is 1.84 bits per heavy atom. The number of carbonyl (C=O) groups excluding carboxylic acids is 1. The number of nitrogens with zero attached hydrogens (tertiary/aromatic N) is 3. The fourth-order valence-corrected chi connectivity index (χ4v) is 4.73. The molecule has 1 aliphatic rings. The summed E-state index contributed by atoms with van der Waals surface area (Å²) in [7, 11) is 4.65. The van der Waals surface area contributed by atoms with E-state index in [4.69, 9.17) is 25.0 Å². The number of rotatable bonds is 6. The summed E-state index contributed by atoms with van der Waals surface area (Å²) in [5.74, 6) is 1.93. The van der Waals surface area contributed by atoms with Crippen molar-refractivity contribution in [2.45, 2.75) is 19.9 Å². The molecule has 3 heterocycles. The van der Waals surface area contributed by atoms with E-state index >= 15 is 0 Å². The van der Waals surface area contributed by atoms with Crippen molar-refractivity contribution in [2.24, 2.45) is 5.73 Å². The fourth-order valence-electron chi connectivity index (χ4n) is 3.71. The molecule has 0 bridgehead atoms. The molecular weight excluding hydrogens is 418 g/mol. The van der Waals surface area contributed by atoms with Crippen LogP contribution < -0.4 is 25.3 Å². The molecule has 3 aromatic rings. The highest BCUT2D eigenvalue weighted by Gasteiger charge is 2.35. The maximum absolute atomic E-state index is 12.3. The van der Waals surface area contributed by atoms with Crippen molar-refractivity contribution in [1.29, 1.82) is 0 Å². The van der Waals surface area contributed by atoms with Gasteiger partial charge in [-0.2, -0.15) is 4.98 Å². The third-order valence-corrected chi connectivity index (χ3v) is 6.26. The van der Waals surface area contributed by atoms with E-state index in [-0.39, 0.29) is 0 Å². The van der Waals surface area contributed by atoms with Crippen LogP contribution in [-0.4, -0.2) is 42.0 Å². The molecule has 10 heteroatoms. The van der Waals surface area contributed by atoms with Crippen LogP contribution in [0.25, 0.3) is 11.4 Å². The SMILES string of the molecule is COc1cc(-c2nc3n(n2)C(c2sccc2C)C(C(N)=O)=C(C)N3)cc(OC)c1OC. The highest BCUT2D eigenvalue weighted by molar-refractivity contribution is 7.10. The summed E-state index contributed by atoms with van der Waals surface area (Å²) in [6.45, 7) is 3.81. The Morgan fingerprint density at radius 3 is 2.35 bits per heavy atom. The average Bonchev–Trinajstić information content (AvgIpc) is 3.37. The number of amides is 1. The number of nitrogens with two attached hydrogens (primary N) is 1. The monoisotopic (exact) mass is 441 g/mol. The molecule has 1 aliphatic heterocycles. The predicted molar refractivity (Wildman–Crippen MR) is 118 cm³/mol. The lowest BCUT2D eigenvalue weighted by Crippen LogP contribution is -2.31. The second-order valence-electron chi connectivity index (χ2n) is 7.02. The molecule has 1 aromatic carbocycles. The first-order chi connectivity index (χ1) is 14.9. The first-order valence-electron chi connectivity index (χ1n) is 9.48. The van der Waals surface area contributed by atoms with Gasteiger partial charge in [-0.1, -0.05) is 0 Å². The Bertz CT molecular complexity index is 1170. The zero-order valence-corrected chi connectivity index (χ0v) is 18.7. The highest BCUT2D eigenvalue weighted by atomic mass is 32.1. The number of aromatic nitrogens is 3. The fraction of sp³-hybridized carbons (Fsp3) is 0.286. The lowest BCUT2D eigenvalue weighted by molar-refractivity contribution is -0.115. The van der Waals surface area contributed by atoms with Crippen LogP contribution in [0.4, 0.5) is 5.95 Å². The highest BCUT2D eigenvalue weighted by Crippen LogP contribution is 2.43. The van der Waals surface area contributed by atoms with Gasteiger partial charge in [-0.25, -0.2) is 4.68 Å². The topological polar surface area (TPSA) is 114 Å². The number of fused-ring (bicyclic) bond motifs is 1. The van der Waals surface area contributed by atoms with Crippen molar-refractivity contribution in [3.05, 3.63) is 45.3 Å². The minimum atomic E-state index is -0.502. The standard InChI is InChI=1S/C21H23N5O4S/c1-10-6-7-31-18(10)16-15(19(22)27)11(2)23-21-24-20(25-26(16)21)12-8-13(28-3)17(30-5)14(9-12)29-4/h6-9,16H,1-5H3,(H2,22,27)(H,23,24,25). The van der Waals surface area contributed by atoms with Gasteiger partial charge >= 0.3 is 0 Å². The number of hydrogen-bond donors (Lipinski definition) is 2. The van der Waals surface area contributed by atoms with Gasteiger partial charge in [0.05, 0.1) is 26.9 Å². The molecule has 3 N–H and O–H groups in total. The summed E-state index contributed by atoms with van der Waals surface area (Å²) in [5.41, 5.74) is 8.59. The van der Waals surface area contributed by atoms with Gasteiger partial charge in [0.2, 0.25) is 17.6 Å². The van der Waals surface area contributed by atoms with Crippen LogP contribution in [0.15, 0.2) is 34.8 Å². The van der Waals surface area contributed by atoms with Crippen molar-refractivity contribution in [3.63, 3.8) is 0 Å². The van der Waals surface area contributed by atoms with Gasteiger partial charge in [0.15, 0.2) is 17.3 Å². The lowest BCUT2D eigenvalue weighted by Gasteiger charge is -2.27. The van der Waals surface area contributed by atoms with Crippen LogP contribution in [0.1, 0.15) is 23.4 Å². The molecule has 0 radical (unpaired) electrons. The number of allylic oxidation sites excluding steroid dienone is 1. The van der Waals surface area contributed by atoms with Crippen LogP contribution in [-0.2, 0) is 4.79 Å². The van der Waals surface area contributed by atoms with E-state index in [1.807, 2.05) is 25.3 Å². The Balaban J connectivity index is 1.89. The van der Waals surface area contributed by atoms with E-state index in [0.717, 1.165) is 10.4 Å². The number of benzene rings is 1. The summed E-state index contributed by atoms with van der Waals surface area (Å²) < 4.78 is 18.0. The number of hydrogen-bond acceptors (Lipinski definition) is 8. The largest absolute Gasteiger partial charge is 0.493 e. The summed E-state index contributed by atoms with van der Waals surface area (Å²) in [6, 6.07) is 5.11. The van der Waals surface area contributed by atoms with Gasteiger partial charge in [0, 0.05) is 16.1 Å². The normalized spacial score (nSPS) is 15.3. The van der Waals surface area contributed by atoms with Crippen molar-refractivity contribution in [2.75, 3.05) is 26.6 Å². The van der Waals surface area contributed by atoms with Gasteiger partial charge in [0.1, 0.15) is 6.04 Å². The summed E-state index contributed by atoms with van der Waals surface area (Å²) in [5, 5.41) is 9.87. The summed E-state index contributed by atoms with van der Waals surface area (Å²) in [6.07, 6.45) is 0. The Kier molecular flexibility index (Phi) is 5.32. The molecular formula is C21H23N5O4S. The van der Waals surface area contributed by atoms with Crippen molar-refractivity contribution >= 4 is 23.2 Å². The molecule has 1 unspecified atom stereocenters. The number of methoxy groups -OCH3 is 3. The minimum absolute atomic E-state index is 0.444. The molecule has 0 fully saturated rings. The van der Waals surface area contributed by atoms with Crippen LogP contribution in [0.2, 0.25) is 0 Å². The minimum Gasteiger partial charge on any atom is -0.493 e. The maximum atomic E-state index is 12.3. The lowest BCUT2D eigenvalue weighted by atomic mass is 9.99. The number of ether oxygens (including phenoxy) is 3. The van der Waals surface area contributed by atoms with Gasteiger partial charge < -0.3 is 25.3 Å². The molecule has 0 spiro atoms. The predicted octanol–water partition coefficient (Wildman–Crippen LogP) is 3.12. The van der Waals surface area contributed by atoms with Gasteiger partial charge in [0.25, 0.3) is 0 Å². The van der Waals surface area contributed by atoms with E-state index in [2.05, 4.69) is 10.3 Å². The molecule has 4 rings (SSSR count). The molecule has 0 saturated carbocycles. The third-order valence-electron chi connectivity index (χ3n) is 5.19. The zero-order valence-electron chi connectivity index (χ0n) is 17.8. The van der Waals surface area contributed by atoms with Gasteiger partial charge in [-0.05, 0) is 43.0 Å². The van der Waals surface area contributed by atoms with Crippen molar-refractivity contribution < 1.29 is 19.0 Å². The first-order valence-corrected chi connectivity index (χ1v) is 10.4. The van der Waals surface area contributed by atoms with Crippen LogP contribution in [0, 0.1) is 6.92 Å². The average molecular weight is 442 g/mol. The van der Waals surface area contributed by atoms with Gasteiger partial charge in [-0.15, -0.1) is 16.4 Å². The second kappa shape index (κ2) is 7.95. The molecule has 1 amide bonds. The van der Waals surface area contributed by atoms with Crippen molar-refractivity contribution in [3.8, 4) is 28.6 Å². The van der Waals surface area contributed by atoms with E-state index in [1.165, 1.54) is 0 Å². The molecule has 1 atom stereocenters. The number of carbonyl (C=O) groups is 1. The molecule has 9 nitrogen and oxygen atoms in total. The third kappa shape index (κ3) is 3.38. The van der Waals surface area contributed by atoms with E-state index < -0.39 is 11.9 Å². The quantitative estimate of drug-likeness (QED) is 0.604.